The standard InChI is InChI=1S/C15H21BrN4S/c1-10(13-8-12(16)9-21-13)17-11(2)15-19-18-14-6-4-3-5-7-20(14)15/h8-11,17H,3-7H2,1-2H3. The predicted octanol–water partition coefficient (Wildman–Crippen LogP) is 4.24. The van der Waals surface area contributed by atoms with Gasteiger partial charge in [-0.25, -0.2) is 0 Å². The number of aryl methyl sites for hydroxylation is 1. The fraction of sp³-hybridized carbons (Fsp3) is 0.600. The van der Waals surface area contributed by atoms with Gasteiger partial charge in [0.15, 0.2) is 0 Å². The fourth-order valence-electron chi connectivity index (χ4n) is 2.91. The maximum Gasteiger partial charge on any atom is 0.149 e. The number of hydrogen-bond acceptors (Lipinski definition) is 4. The third-order valence-electron chi connectivity index (χ3n) is 4.04. The maximum atomic E-state index is 4.44. The summed E-state index contributed by atoms with van der Waals surface area (Å²) in [6.07, 6.45) is 4.83. The zero-order valence-electron chi connectivity index (χ0n) is 12.5. The Morgan fingerprint density at radius 3 is 2.86 bits per heavy atom. The molecular formula is C15H21BrN4S. The molecule has 0 radical (unpaired) electrons. The van der Waals surface area contributed by atoms with Crippen molar-refractivity contribution in [1.82, 2.24) is 20.1 Å². The lowest BCUT2D eigenvalue weighted by molar-refractivity contribution is 0.457. The van der Waals surface area contributed by atoms with Crippen LogP contribution in [0.25, 0.3) is 0 Å². The van der Waals surface area contributed by atoms with Crippen LogP contribution in [-0.4, -0.2) is 14.8 Å². The Labute approximate surface area is 138 Å². The second-order valence-corrected chi connectivity index (χ2v) is 7.57. The van der Waals surface area contributed by atoms with E-state index in [2.05, 4.69) is 61.3 Å². The van der Waals surface area contributed by atoms with Crippen LogP contribution < -0.4 is 5.32 Å². The molecule has 21 heavy (non-hydrogen) atoms. The number of rotatable bonds is 4. The summed E-state index contributed by atoms with van der Waals surface area (Å²) in [5.74, 6) is 2.23. The van der Waals surface area contributed by atoms with Crippen molar-refractivity contribution in [2.24, 2.45) is 0 Å². The largest absolute Gasteiger partial charge is 0.314 e. The van der Waals surface area contributed by atoms with Crippen molar-refractivity contribution < 1.29 is 0 Å². The number of hydrogen-bond donors (Lipinski definition) is 1. The maximum absolute atomic E-state index is 4.44. The van der Waals surface area contributed by atoms with Crippen LogP contribution in [-0.2, 0) is 13.0 Å². The van der Waals surface area contributed by atoms with Gasteiger partial charge in [-0.05, 0) is 48.7 Å². The Balaban J connectivity index is 1.73. The van der Waals surface area contributed by atoms with Gasteiger partial charge in [-0.2, -0.15) is 0 Å². The molecule has 2 aromatic rings. The van der Waals surface area contributed by atoms with Crippen molar-refractivity contribution >= 4 is 27.3 Å². The second kappa shape index (κ2) is 6.58. The molecule has 0 saturated carbocycles. The van der Waals surface area contributed by atoms with Gasteiger partial charge >= 0.3 is 0 Å². The molecule has 3 heterocycles. The van der Waals surface area contributed by atoms with Crippen LogP contribution in [0.5, 0.6) is 0 Å². The molecule has 1 aliphatic heterocycles. The number of halogens is 1. The summed E-state index contributed by atoms with van der Waals surface area (Å²) < 4.78 is 3.47. The molecule has 114 valence electrons. The monoisotopic (exact) mass is 368 g/mol. The van der Waals surface area contributed by atoms with Crippen LogP contribution in [0.4, 0.5) is 0 Å². The normalized spacial score (nSPS) is 18.0. The first-order valence-corrected chi connectivity index (χ1v) is 9.24. The molecule has 0 aliphatic carbocycles. The minimum atomic E-state index is 0.209. The van der Waals surface area contributed by atoms with Crippen LogP contribution in [0.2, 0.25) is 0 Å². The van der Waals surface area contributed by atoms with Gasteiger partial charge in [0.1, 0.15) is 11.6 Å². The number of thiophene rings is 1. The lowest BCUT2D eigenvalue weighted by Crippen LogP contribution is -2.25. The van der Waals surface area contributed by atoms with Crippen LogP contribution >= 0.6 is 27.3 Å². The lowest BCUT2D eigenvalue weighted by Gasteiger charge is -2.19. The topological polar surface area (TPSA) is 42.7 Å². The van der Waals surface area contributed by atoms with Crippen molar-refractivity contribution in [3.63, 3.8) is 0 Å². The molecule has 0 fully saturated rings. The number of nitrogens with zero attached hydrogens (tertiary/aromatic N) is 3. The smallest absolute Gasteiger partial charge is 0.149 e. The van der Waals surface area contributed by atoms with E-state index in [1.807, 2.05) is 0 Å². The number of nitrogens with one attached hydrogen (secondary N) is 1. The highest BCUT2D eigenvalue weighted by Gasteiger charge is 2.21. The van der Waals surface area contributed by atoms with Crippen LogP contribution in [0, 0.1) is 0 Å². The van der Waals surface area contributed by atoms with Gasteiger partial charge < -0.3 is 9.88 Å². The molecule has 0 bridgehead atoms. The van der Waals surface area contributed by atoms with Crippen molar-refractivity contribution in [3.8, 4) is 0 Å². The van der Waals surface area contributed by atoms with E-state index < -0.39 is 0 Å². The van der Waals surface area contributed by atoms with Gasteiger partial charge in [-0.3, -0.25) is 0 Å². The molecule has 1 N–H and O–H groups in total. The summed E-state index contributed by atoms with van der Waals surface area (Å²) in [4.78, 5) is 1.34. The SMILES string of the molecule is CC(NC(C)c1nnc2n1CCCCC2)c1cc(Br)cs1. The highest BCUT2D eigenvalue weighted by atomic mass is 79.9. The molecule has 0 saturated heterocycles. The van der Waals surface area contributed by atoms with Gasteiger partial charge in [-0.15, -0.1) is 21.5 Å². The Morgan fingerprint density at radius 2 is 2.10 bits per heavy atom. The molecule has 1 aliphatic rings. The summed E-state index contributed by atoms with van der Waals surface area (Å²) in [5.41, 5.74) is 0. The van der Waals surface area contributed by atoms with E-state index in [0.29, 0.717) is 6.04 Å². The van der Waals surface area contributed by atoms with Gasteiger partial charge in [-0.1, -0.05) is 6.42 Å². The minimum absolute atomic E-state index is 0.209. The third kappa shape index (κ3) is 3.38. The molecule has 0 amide bonds. The van der Waals surface area contributed by atoms with Crippen LogP contribution in [0.15, 0.2) is 15.9 Å². The predicted molar refractivity (Wildman–Crippen MR) is 89.6 cm³/mol. The van der Waals surface area contributed by atoms with E-state index >= 15 is 0 Å². The lowest BCUT2D eigenvalue weighted by atomic mass is 10.2. The summed E-state index contributed by atoms with van der Waals surface area (Å²) in [6, 6.07) is 2.70. The summed E-state index contributed by atoms with van der Waals surface area (Å²) in [5, 5.41) is 14.6. The average molecular weight is 369 g/mol. The molecule has 0 spiro atoms. The number of aromatic nitrogens is 3. The van der Waals surface area contributed by atoms with Crippen molar-refractivity contribution in [2.45, 2.75) is 58.2 Å². The molecule has 2 atom stereocenters. The van der Waals surface area contributed by atoms with E-state index in [9.17, 15) is 0 Å². The second-order valence-electron chi connectivity index (χ2n) is 5.71. The Kier molecular flexibility index (Phi) is 4.76. The molecule has 2 aromatic heterocycles. The zero-order valence-corrected chi connectivity index (χ0v) is 14.9. The summed E-state index contributed by atoms with van der Waals surface area (Å²) in [7, 11) is 0. The number of fused-ring (bicyclic) bond motifs is 1. The highest BCUT2D eigenvalue weighted by Crippen LogP contribution is 2.27. The van der Waals surface area contributed by atoms with Crippen molar-refractivity contribution in [2.75, 3.05) is 0 Å². The zero-order chi connectivity index (χ0) is 14.8. The Bertz CT molecular complexity index is 607. The van der Waals surface area contributed by atoms with Gasteiger partial charge in [0.2, 0.25) is 0 Å². The third-order valence-corrected chi connectivity index (χ3v) is 5.92. The molecule has 2 unspecified atom stereocenters. The van der Waals surface area contributed by atoms with Crippen LogP contribution in [0.1, 0.15) is 61.7 Å². The van der Waals surface area contributed by atoms with Crippen molar-refractivity contribution in [3.05, 3.63) is 32.4 Å². The molecule has 3 rings (SSSR count). The average Bonchev–Trinajstić information content (AvgIpc) is 2.99. The first kappa shape index (κ1) is 15.2. The van der Waals surface area contributed by atoms with Crippen LogP contribution in [0.3, 0.4) is 0 Å². The van der Waals surface area contributed by atoms with E-state index in [1.54, 1.807) is 11.3 Å². The van der Waals surface area contributed by atoms with Gasteiger partial charge in [0, 0.05) is 33.7 Å². The highest BCUT2D eigenvalue weighted by molar-refractivity contribution is 9.10. The van der Waals surface area contributed by atoms with Gasteiger partial charge in [0.25, 0.3) is 0 Å². The first-order valence-electron chi connectivity index (χ1n) is 7.57. The Hall–Kier alpha value is -0.720. The molecule has 0 aromatic carbocycles. The molecule has 6 heteroatoms. The fourth-order valence-corrected chi connectivity index (χ4v) is 4.38. The molecule has 4 nitrogen and oxygen atoms in total. The minimum Gasteiger partial charge on any atom is -0.314 e. The molecular weight excluding hydrogens is 348 g/mol. The van der Waals surface area contributed by atoms with Gasteiger partial charge in [0.05, 0.1) is 6.04 Å². The quantitative estimate of drug-likeness (QED) is 0.877. The summed E-state index contributed by atoms with van der Waals surface area (Å²) >= 11 is 5.30. The van der Waals surface area contributed by atoms with E-state index in [-0.39, 0.29) is 6.04 Å². The first-order chi connectivity index (χ1) is 10.1. The van der Waals surface area contributed by atoms with E-state index in [1.165, 1.54) is 24.1 Å². The van der Waals surface area contributed by atoms with Crippen molar-refractivity contribution in [1.29, 1.82) is 0 Å². The van der Waals surface area contributed by atoms with E-state index in [4.69, 9.17) is 0 Å². The Morgan fingerprint density at radius 1 is 1.24 bits per heavy atom. The van der Waals surface area contributed by atoms with E-state index in [0.717, 1.165) is 29.1 Å². The summed E-state index contributed by atoms with van der Waals surface area (Å²) in [6.45, 7) is 5.44.